The molecule has 0 aromatic heterocycles. The first-order valence-electron chi connectivity index (χ1n) is 6.94. The number of hydrogen-bond donors (Lipinski definition) is 2. The number of rotatable bonds is 6. The fourth-order valence-electron chi connectivity index (χ4n) is 1.89. The van der Waals surface area contributed by atoms with Crippen molar-refractivity contribution in [3.05, 3.63) is 71.8 Å². The molecule has 0 bridgehead atoms. The van der Waals surface area contributed by atoms with Crippen LogP contribution in [0.2, 0.25) is 0 Å². The first kappa shape index (κ1) is 15.5. The lowest BCUT2D eigenvalue weighted by Crippen LogP contribution is -2.24. The number of nitrogens with one attached hydrogen (secondary N) is 1. The highest BCUT2D eigenvalue weighted by atomic mass is 16.3. The monoisotopic (exact) mass is 295 g/mol. The van der Waals surface area contributed by atoms with Gasteiger partial charge in [0.15, 0.2) is 5.78 Å². The molecule has 0 saturated heterocycles. The number of carbonyl (C=O) groups is 2. The second-order valence-electron chi connectivity index (χ2n) is 4.80. The first-order chi connectivity index (χ1) is 10.6. The van der Waals surface area contributed by atoms with E-state index < -0.39 is 0 Å². The Hall–Kier alpha value is -2.88. The van der Waals surface area contributed by atoms with Gasteiger partial charge in [0.1, 0.15) is 5.75 Å². The van der Waals surface area contributed by atoms with Crippen LogP contribution in [0.15, 0.2) is 60.7 Å². The highest BCUT2D eigenvalue weighted by molar-refractivity contribution is 6.05. The summed E-state index contributed by atoms with van der Waals surface area (Å²) in [5, 5.41) is 12.3. The number of carbonyl (C=O) groups excluding carboxylic acids is 2. The summed E-state index contributed by atoms with van der Waals surface area (Å²) in [6, 6.07) is 16.2. The third-order valence-electron chi connectivity index (χ3n) is 3.05. The van der Waals surface area contributed by atoms with Gasteiger partial charge in [0.2, 0.25) is 5.91 Å². The third kappa shape index (κ3) is 4.90. The quantitative estimate of drug-likeness (QED) is 0.636. The Kier molecular flexibility index (Phi) is 5.49. The molecule has 0 aliphatic heterocycles. The molecular formula is C18H17NO3. The van der Waals surface area contributed by atoms with Crippen molar-refractivity contribution in [1.82, 2.24) is 5.32 Å². The van der Waals surface area contributed by atoms with Gasteiger partial charge in [-0.3, -0.25) is 9.59 Å². The second-order valence-corrected chi connectivity index (χ2v) is 4.80. The van der Waals surface area contributed by atoms with Crippen LogP contribution in [0.3, 0.4) is 0 Å². The van der Waals surface area contributed by atoms with E-state index in [-0.39, 0.29) is 23.9 Å². The van der Waals surface area contributed by atoms with Crippen molar-refractivity contribution >= 4 is 17.8 Å². The second kappa shape index (κ2) is 7.78. The molecule has 0 heterocycles. The summed E-state index contributed by atoms with van der Waals surface area (Å²) in [7, 11) is 0. The Morgan fingerprint density at radius 1 is 1.00 bits per heavy atom. The lowest BCUT2D eigenvalue weighted by atomic mass is 10.1. The van der Waals surface area contributed by atoms with Crippen molar-refractivity contribution in [3.63, 3.8) is 0 Å². The van der Waals surface area contributed by atoms with E-state index >= 15 is 0 Å². The minimum Gasteiger partial charge on any atom is -0.507 e. The van der Waals surface area contributed by atoms with Crippen LogP contribution in [-0.2, 0) is 16.1 Å². The average molecular weight is 295 g/mol. The van der Waals surface area contributed by atoms with Crippen LogP contribution >= 0.6 is 0 Å². The molecule has 2 aromatic rings. The number of amides is 1. The average Bonchev–Trinajstić information content (AvgIpc) is 2.53. The number of para-hydroxylation sites is 1. The number of hydrogen-bond acceptors (Lipinski definition) is 3. The van der Waals surface area contributed by atoms with E-state index in [1.54, 1.807) is 18.2 Å². The van der Waals surface area contributed by atoms with E-state index in [1.165, 1.54) is 18.2 Å². The molecule has 112 valence electrons. The smallest absolute Gasteiger partial charge is 0.228 e. The van der Waals surface area contributed by atoms with Gasteiger partial charge in [0.25, 0.3) is 0 Å². The van der Waals surface area contributed by atoms with E-state index in [4.69, 9.17) is 0 Å². The molecule has 0 aliphatic rings. The molecule has 0 radical (unpaired) electrons. The Labute approximate surface area is 129 Å². The predicted octanol–water partition coefficient (Wildman–Crippen LogP) is 2.68. The molecule has 4 heteroatoms. The summed E-state index contributed by atoms with van der Waals surface area (Å²) in [6.45, 7) is 0.399. The maximum atomic E-state index is 11.7. The van der Waals surface area contributed by atoms with Gasteiger partial charge in [0, 0.05) is 12.1 Å². The number of phenols is 1. The Bertz CT molecular complexity index is 678. The molecule has 0 spiro atoms. The molecule has 0 aliphatic carbocycles. The van der Waals surface area contributed by atoms with Crippen molar-refractivity contribution in [2.45, 2.75) is 13.0 Å². The highest BCUT2D eigenvalue weighted by Crippen LogP contribution is 2.16. The zero-order chi connectivity index (χ0) is 15.8. The maximum Gasteiger partial charge on any atom is 0.228 e. The normalized spacial score (nSPS) is 10.5. The fourth-order valence-corrected chi connectivity index (χ4v) is 1.89. The highest BCUT2D eigenvalue weighted by Gasteiger charge is 2.06. The maximum absolute atomic E-state index is 11.7. The molecule has 0 fully saturated rings. The van der Waals surface area contributed by atoms with Gasteiger partial charge < -0.3 is 10.4 Å². The van der Waals surface area contributed by atoms with Gasteiger partial charge in [-0.2, -0.15) is 0 Å². The number of allylic oxidation sites excluding steroid dienone is 1. The molecule has 0 atom stereocenters. The van der Waals surface area contributed by atoms with E-state index in [9.17, 15) is 14.7 Å². The molecule has 22 heavy (non-hydrogen) atoms. The zero-order valence-electron chi connectivity index (χ0n) is 12.0. The van der Waals surface area contributed by atoms with Crippen molar-refractivity contribution < 1.29 is 14.7 Å². The SMILES string of the molecule is O=C(/C=C/c1ccccc1O)CC(=O)NCc1ccccc1. The van der Waals surface area contributed by atoms with Crippen LogP contribution in [0.4, 0.5) is 0 Å². The lowest BCUT2D eigenvalue weighted by Gasteiger charge is -2.03. The van der Waals surface area contributed by atoms with Gasteiger partial charge in [-0.25, -0.2) is 0 Å². The van der Waals surface area contributed by atoms with Crippen molar-refractivity contribution in [2.24, 2.45) is 0 Å². The zero-order valence-corrected chi connectivity index (χ0v) is 12.0. The molecule has 0 saturated carbocycles. The summed E-state index contributed by atoms with van der Waals surface area (Å²) in [5.41, 5.74) is 1.52. The number of benzene rings is 2. The van der Waals surface area contributed by atoms with Gasteiger partial charge in [-0.05, 0) is 23.8 Å². The Balaban J connectivity index is 1.81. The van der Waals surface area contributed by atoms with Crippen LogP contribution in [-0.4, -0.2) is 16.8 Å². The van der Waals surface area contributed by atoms with E-state index in [0.717, 1.165) is 5.56 Å². The topological polar surface area (TPSA) is 66.4 Å². The van der Waals surface area contributed by atoms with Crippen LogP contribution in [0.5, 0.6) is 5.75 Å². The number of phenolic OH excluding ortho intramolecular Hbond substituents is 1. The molecular weight excluding hydrogens is 278 g/mol. The van der Waals surface area contributed by atoms with E-state index in [1.807, 2.05) is 30.3 Å². The van der Waals surface area contributed by atoms with Crippen LogP contribution < -0.4 is 5.32 Å². The van der Waals surface area contributed by atoms with Crippen molar-refractivity contribution in [3.8, 4) is 5.75 Å². The molecule has 2 rings (SSSR count). The van der Waals surface area contributed by atoms with Gasteiger partial charge in [-0.1, -0.05) is 48.5 Å². The van der Waals surface area contributed by atoms with Crippen molar-refractivity contribution in [1.29, 1.82) is 0 Å². The van der Waals surface area contributed by atoms with Crippen molar-refractivity contribution in [2.75, 3.05) is 0 Å². The third-order valence-corrected chi connectivity index (χ3v) is 3.05. The van der Waals surface area contributed by atoms with Gasteiger partial charge in [0.05, 0.1) is 6.42 Å². The van der Waals surface area contributed by atoms with Gasteiger partial charge >= 0.3 is 0 Å². The molecule has 2 aromatic carbocycles. The Morgan fingerprint density at radius 3 is 2.41 bits per heavy atom. The largest absolute Gasteiger partial charge is 0.507 e. The summed E-state index contributed by atoms with van der Waals surface area (Å²) >= 11 is 0. The minimum absolute atomic E-state index is 0.0973. The van der Waals surface area contributed by atoms with E-state index in [0.29, 0.717) is 12.1 Å². The van der Waals surface area contributed by atoms with E-state index in [2.05, 4.69) is 5.32 Å². The standard InChI is InChI=1S/C18H17NO3/c20-16(11-10-15-8-4-5-9-17(15)21)12-18(22)19-13-14-6-2-1-3-7-14/h1-11,21H,12-13H2,(H,19,22)/b11-10+. The predicted molar refractivity (Wildman–Crippen MR) is 85.1 cm³/mol. The number of aromatic hydroxyl groups is 1. The summed E-state index contributed by atoms with van der Waals surface area (Å²) < 4.78 is 0. The van der Waals surface area contributed by atoms with Crippen LogP contribution in [0.1, 0.15) is 17.5 Å². The minimum atomic E-state index is -0.323. The summed E-state index contributed by atoms with van der Waals surface area (Å²) in [5.74, 6) is -0.537. The van der Waals surface area contributed by atoms with Crippen LogP contribution in [0, 0.1) is 0 Å². The summed E-state index contributed by atoms with van der Waals surface area (Å²) in [4.78, 5) is 23.4. The fraction of sp³-hybridized carbons (Fsp3) is 0.111. The first-order valence-corrected chi connectivity index (χ1v) is 6.94. The molecule has 1 amide bonds. The molecule has 2 N–H and O–H groups in total. The van der Waals surface area contributed by atoms with Gasteiger partial charge in [-0.15, -0.1) is 0 Å². The Morgan fingerprint density at radius 2 is 1.68 bits per heavy atom. The lowest BCUT2D eigenvalue weighted by molar-refractivity contribution is -0.126. The number of ketones is 1. The molecule has 0 unspecified atom stereocenters. The molecule has 4 nitrogen and oxygen atoms in total. The van der Waals surface area contributed by atoms with Crippen LogP contribution in [0.25, 0.3) is 6.08 Å². The summed E-state index contributed by atoms with van der Waals surface area (Å²) in [6.07, 6.45) is 2.59.